The summed E-state index contributed by atoms with van der Waals surface area (Å²) in [5.74, 6) is -2.96. The van der Waals surface area contributed by atoms with Gasteiger partial charge in [0.25, 0.3) is 0 Å². The maximum Gasteiger partial charge on any atom is 0.210 e. The highest BCUT2D eigenvalue weighted by molar-refractivity contribution is 6.12. The molecule has 0 saturated carbocycles. The fraction of sp³-hybridized carbons (Fsp3) is 0.906. The number of carbonyl (C=O) groups is 3. The summed E-state index contributed by atoms with van der Waals surface area (Å²) in [6.45, 7) is 17.2. The van der Waals surface area contributed by atoms with Gasteiger partial charge in [-0.1, -0.05) is 67.7 Å². The molecule has 0 amide bonds. The second kappa shape index (κ2) is 18.4. The van der Waals surface area contributed by atoms with Crippen LogP contribution in [0.3, 0.4) is 0 Å². The lowest BCUT2D eigenvalue weighted by atomic mass is 9.74. The molecule has 0 aromatic rings. The molecule has 0 saturated heterocycles. The first-order valence-electron chi connectivity index (χ1n) is 15.5. The Morgan fingerprint density at radius 3 is 1.60 bits per heavy atom. The van der Waals surface area contributed by atoms with Crippen LogP contribution in [0.2, 0.25) is 0 Å². The third-order valence-electron chi connectivity index (χ3n) is 8.16. The van der Waals surface area contributed by atoms with E-state index in [1.165, 1.54) is 0 Å². The van der Waals surface area contributed by atoms with Gasteiger partial charge >= 0.3 is 0 Å². The molecule has 7 N–H and O–H groups in total. The van der Waals surface area contributed by atoms with Crippen LogP contribution in [0.15, 0.2) is 0 Å². The van der Waals surface area contributed by atoms with Crippen molar-refractivity contribution in [2.75, 3.05) is 0 Å². The van der Waals surface area contributed by atoms with Gasteiger partial charge < -0.3 is 26.8 Å². The minimum Gasteiger partial charge on any atom is -0.386 e. The zero-order valence-electron chi connectivity index (χ0n) is 26.9. The predicted octanol–water partition coefficient (Wildman–Crippen LogP) is 4.19. The summed E-state index contributed by atoms with van der Waals surface area (Å²) in [5, 5.41) is 33.7. The SMILES string of the molecule is CC(C)CCCC(C)CCC(=O)C(O)(C(=O)C(C)CC(C)CC(C)N)C(O)C(O)C(=O)C(C)CC(C)CC(C)N. The highest BCUT2D eigenvalue weighted by Crippen LogP contribution is 2.30. The summed E-state index contributed by atoms with van der Waals surface area (Å²) < 4.78 is 0. The topological polar surface area (TPSA) is 164 Å². The first-order valence-corrected chi connectivity index (χ1v) is 15.5. The first kappa shape index (κ1) is 38.8. The van der Waals surface area contributed by atoms with Gasteiger partial charge in [-0.2, -0.15) is 0 Å². The predicted molar refractivity (Wildman–Crippen MR) is 161 cm³/mol. The maximum absolute atomic E-state index is 13.7. The van der Waals surface area contributed by atoms with Crippen LogP contribution in [0.4, 0.5) is 0 Å². The second-order valence-corrected chi connectivity index (χ2v) is 13.7. The summed E-state index contributed by atoms with van der Waals surface area (Å²) in [6, 6.07) is -0.127. The van der Waals surface area contributed by atoms with E-state index in [0.717, 1.165) is 19.3 Å². The maximum atomic E-state index is 13.7. The molecule has 8 heteroatoms. The zero-order chi connectivity index (χ0) is 31.4. The van der Waals surface area contributed by atoms with Crippen LogP contribution in [-0.4, -0.2) is 62.6 Å². The van der Waals surface area contributed by atoms with Gasteiger partial charge in [-0.15, -0.1) is 0 Å². The molecule has 8 nitrogen and oxygen atoms in total. The van der Waals surface area contributed by atoms with Crippen LogP contribution in [0.1, 0.15) is 120 Å². The van der Waals surface area contributed by atoms with Gasteiger partial charge in [-0.25, -0.2) is 0 Å². The standard InChI is InChI=1S/C32H62N2O6/c1-19(2)11-10-12-20(3)13-14-27(35)32(40,30(38)24(7)16-22(5)18-26(9)34)31(39)29(37)28(36)23(6)15-21(4)17-25(8)33/h19-26,29,31,37,39-40H,10-18,33-34H2,1-9H3. The van der Waals surface area contributed by atoms with Crippen LogP contribution in [0, 0.1) is 35.5 Å². The van der Waals surface area contributed by atoms with Crippen molar-refractivity contribution in [2.45, 2.75) is 150 Å². The van der Waals surface area contributed by atoms with Crippen LogP contribution in [0.5, 0.6) is 0 Å². The Kier molecular flexibility index (Phi) is 17.8. The largest absolute Gasteiger partial charge is 0.386 e. The highest BCUT2D eigenvalue weighted by Gasteiger charge is 2.54. The molecule has 0 aliphatic heterocycles. The number of aliphatic hydroxyl groups is 3. The lowest BCUT2D eigenvalue weighted by Crippen LogP contribution is -2.63. The van der Waals surface area contributed by atoms with Crippen LogP contribution in [-0.2, 0) is 14.4 Å². The van der Waals surface area contributed by atoms with Crippen LogP contribution < -0.4 is 11.5 Å². The quantitative estimate of drug-likeness (QED) is 0.121. The van der Waals surface area contributed by atoms with Gasteiger partial charge in [0.15, 0.2) is 17.3 Å². The molecule has 0 rings (SSSR count). The summed E-state index contributed by atoms with van der Waals surface area (Å²) in [6.07, 6.45) is 1.07. The molecule has 236 valence electrons. The van der Waals surface area contributed by atoms with Crippen molar-refractivity contribution in [2.24, 2.45) is 47.0 Å². The average Bonchev–Trinajstić information content (AvgIpc) is 2.83. The van der Waals surface area contributed by atoms with Crippen molar-refractivity contribution in [1.82, 2.24) is 0 Å². The molecule has 0 aromatic heterocycles. The third kappa shape index (κ3) is 13.2. The molecular weight excluding hydrogens is 508 g/mol. The van der Waals surface area contributed by atoms with Crippen molar-refractivity contribution in [1.29, 1.82) is 0 Å². The Bertz CT molecular complexity index is 771. The van der Waals surface area contributed by atoms with E-state index < -0.39 is 47.0 Å². The van der Waals surface area contributed by atoms with E-state index in [2.05, 4.69) is 13.8 Å². The number of aliphatic hydroxyl groups excluding tert-OH is 2. The number of hydrogen-bond acceptors (Lipinski definition) is 8. The van der Waals surface area contributed by atoms with Gasteiger partial charge in [0, 0.05) is 30.3 Å². The lowest BCUT2D eigenvalue weighted by Gasteiger charge is -2.36. The molecule has 0 radical (unpaired) electrons. The van der Waals surface area contributed by atoms with Crippen molar-refractivity contribution < 1.29 is 29.7 Å². The Morgan fingerprint density at radius 2 is 1.15 bits per heavy atom. The number of hydrogen-bond donors (Lipinski definition) is 5. The monoisotopic (exact) mass is 570 g/mol. The van der Waals surface area contributed by atoms with E-state index in [4.69, 9.17) is 11.5 Å². The van der Waals surface area contributed by atoms with E-state index in [0.29, 0.717) is 38.0 Å². The van der Waals surface area contributed by atoms with Crippen molar-refractivity contribution in [3.63, 3.8) is 0 Å². The van der Waals surface area contributed by atoms with Gasteiger partial charge in [0.1, 0.15) is 12.2 Å². The molecular formula is C32H62N2O6. The number of Topliss-reactive ketones (excluding diaryl/α,β-unsaturated/α-hetero) is 3. The highest BCUT2D eigenvalue weighted by atomic mass is 16.4. The Hall–Kier alpha value is -1.19. The number of rotatable bonds is 22. The van der Waals surface area contributed by atoms with Gasteiger partial charge in [0.05, 0.1) is 0 Å². The fourth-order valence-electron chi connectivity index (χ4n) is 5.98. The lowest BCUT2D eigenvalue weighted by molar-refractivity contribution is -0.178. The third-order valence-corrected chi connectivity index (χ3v) is 8.16. The normalized spacial score (nSPS) is 20.5. The minimum absolute atomic E-state index is 0.0365. The van der Waals surface area contributed by atoms with Gasteiger partial charge in [-0.05, 0) is 69.6 Å². The summed E-state index contributed by atoms with van der Waals surface area (Å²) in [5.41, 5.74) is 8.89. The molecule has 10 unspecified atom stereocenters. The number of nitrogens with two attached hydrogens (primary N) is 2. The molecule has 10 atom stereocenters. The summed E-state index contributed by atoms with van der Waals surface area (Å²) >= 11 is 0. The van der Waals surface area contributed by atoms with Gasteiger partial charge in [0.2, 0.25) is 5.60 Å². The fourth-order valence-corrected chi connectivity index (χ4v) is 5.98. The van der Waals surface area contributed by atoms with E-state index >= 15 is 0 Å². The smallest absolute Gasteiger partial charge is 0.210 e. The summed E-state index contributed by atoms with van der Waals surface area (Å²) in [4.78, 5) is 40.3. The zero-order valence-corrected chi connectivity index (χ0v) is 26.9. The van der Waals surface area contributed by atoms with E-state index in [9.17, 15) is 29.7 Å². The molecule has 0 fully saturated rings. The summed E-state index contributed by atoms with van der Waals surface area (Å²) in [7, 11) is 0. The molecule has 0 heterocycles. The molecule has 0 aliphatic rings. The Morgan fingerprint density at radius 1 is 0.675 bits per heavy atom. The van der Waals surface area contributed by atoms with Crippen LogP contribution >= 0.6 is 0 Å². The molecule has 40 heavy (non-hydrogen) atoms. The van der Waals surface area contributed by atoms with Crippen molar-refractivity contribution in [3.05, 3.63) is 0 Å². The average molecular weight is 571 g/mol. The first-order chi connectivity index (χ1) is 18.3. The Labute approximate surface area is 244 Å². The van der Waals surface area contributed by atoms with E-state index in [1.807, 2.05) is 34.6 Å². The molecule has 0 aliphatic carbocycles. The van der Waals surface area contributed by atoms with E-state index in [1.54, 1.807) is 13.8 Å². The molecule has 0 spiro atoms. The molecule has 0 aromatic carbocycles. The number of ketones is 3. The van der Waals surface area contributed by atoms with Crippen LogP contribution in [0.25, 0.3) is 0 Å². The van der Waals surface area contributed by atoms with Crippen molar-refractivity contribution in [3.8, 4) is 0 Å². The molecule has 0 bridgehead atoms. The second-order valence-electron chi connectivity index (χ2n) is 13.7. The Balaban J connectivity index is 5.89. The van der Waals surface area contributed by atoms with E-state index in [-0.39, 0.29) is 36.3 Å². The van der Waals surface area contributed by atoms with Gasteiger partial charge in [-0.3, -0.25) is 14.4 Å². The number of carbonyl (C=O) groups excluding carboxylic acids is 3. The minimum atomic E-state index is -2.88. The van der Waals surface area contributed by atoms with Crippen molar-refractivity contribution >= 4 is 17.3 Å².